The van der Waals surface area contributed by atoms with Gasteiger partial charge < -0.3 is 10.6 Å². The van der Waals surface area contributed by atoms with Crippen LogP contribution in [0.25, 0.3) is 22.2 Å². The molecule has 1 heterocycles. The van der Waals surface area contributed by atoms with Crippen molar-refractivity contribution in [2.24, 2.45) is 0 Å². The molecule has 0 radical (unpaired) electrons. The van der Waals surface area contributed by atoms with Crippen LogP contribution in [0.3, 0.4) is 0 Å². The van der Waals surface area contributed by atoms with Gasteiger partial charge in [-0.1, -0.05) is 66.7 Å². The van der Waals surface area contributed by atoms with Crippen LogP contribution in [-0.2, 0) is 0 Å². The van der Waals surface area contributed by atoms with Crippen molar-refractivity contribution in [3.63, 3.8) is 0 Å². The van der Waals surface area contributed by atoms with Gasteiger partial charge in [-0.05, 0) is 42.5 Å². The van der Waals surface area contributed by atoms with E-state index in [1.807, 2.05) is 97.1 Å². The first kappa shape index (κ1) is 19.5. The zero-order chi connectivity index (χ0) is 21.8. The van der Waals surface area contributed by atoms with Crippen LogP contribution >= 0.6 is 0 Å². The number of anilines is 3. The average molecular weight is 416 g/mol. The molecule has 2 N–H and O–H groups in total. The molecule has 0 aliphatic heterocycles. The Kier molecular flexibility index (Phi) is 5.29. The van der Waals surface area contributed by atoms with Gasteiger partial charge in [0, 0.05) is 27.9 Å². The molecule has 0 bridgehead atoms. The maximum absolute atomic E-state index is 12.5. The van der Waals surface area contributed by atoms with E-state index in [0.717, 1.165) is 33.5 Å². The smallest absolute Gasteiger partial charge is 0.255 e. The van der Waals surface area contributed by atoms with Crippen molar-refractivity contribution in [3.05, 3.63) is 115 Å². The number of benzene rings is 4. The van der Waals surface area contributed by atoms with Crippen molar-refractivity contribution in [1.82, 2.24) is 9.97 Å². The molecule has 0 saturated heterocycles. The predicted molar refractivity (Wildman–Crippen MR) is 129 cm³/mol. The number of para-hydroxylation sites is 2. The highest BCUT2D eigenvalue weighted by molar-refractivity contribution is 6.04. The SMILES string of the molecule is O=C(Nc1ccccc1)c1ccc(Nc2nc(-c3ccccc3)c3ccccc3n2)cc1. The molecule has 0 atom stereocenters. The van der Waals surface area contributed by atoms with Gasteiger partial charge in [0.15, 0.2) is 0 Å². The fraction of sp³-hybridized carbons (Fsp3) is 0. The lowest BCUT2D eigenvalue weighted by Crippen LogP contribution is -2.11. The van der Waals surface area contributed by atoms with Gasteiger partial charge in [-0.3, -0.25) is 4.79 Å². The Hall–Kier alpha value is -4.51. The average Bonchev–Trinajstić information content (AvgIpc) is 2.85. The first-order valence-electron chi connectivity index (χ1n) is 10.3. The molecule has 5 aromatic rings. The third kappa shape index (κ3) is 4.18. The Bertz CT molecular complexity index is 1370. The normalized spacial score (nSPS) is 10.6. The third-order valence-corrected chi connectivity index (χ3v) is 5.09. The van der Waals surface area contributed by atoms with Crippen molar-refractivity contribution in [3.8, 4) is 11.3 Å². The van der Waals surface area contributed by atoms with E-state index in [9.17, 15) is 4.79 Å². The van der Waals surface area contributed by atoms with Gasteiger partial charge in [-0.25, -0.2) is 9.97 Å². The number of amides is 1. The minimum Gasteiger partial charge on any atom is -0.324 e. The second-order valence-electron chi connectivity index (χ2n) is 7.30. The predicted octanol–water partition coefficient (Wildman–Crippen LogP) is 6.29. The summed E-state index contributed by atoms with van der Waals surface area (Å²) in [6.07, 6.45) is 0. The molecular weight excluding hydrogens is 396 g/mol. The third-order valence-electron chi connectivity index (χ3n) is 5.09. The maximum Gasteiger partial charge on any atom is 0.255 e. The summed E-state index contributed by atoms with van der Waals surface area (Å²) in [5.41, 5.74) is 4.90. The van der Waals surface area contributed by atoms with Crippen LogP contribution in [0.5, 0.6) is 0 Å². The van der Waals surface area contributed by atoms with Gasteiger partial charge in [0.25, 0.3) is 5.91 Å². The van der Waals surface area contributed by atoms with E-state index in [1.54, 1.807) is 12.1 Å². The Balaban J connectivity index is 1.40. The van der Waals surface area contributed by atoms with Gasteiger partial charge in [-0.2, -0.15) is 0 Å². The number of carbonyl (C=O) groups excluding carboxylic acids is 1. The van der Waals surface area contributed by atoms with Gasteiger partial charge in [0.1, 0.15) is 0 Å². The lowest BCUT2D eigenvalue weighted by atomic mass is 10.1. The topological polar surface area (TPSA) is 66.9 Å². The molecule has 154 valence electrons. The van der Waals surface area contributed by atoms with Gasteiger partial charge >= 0.3 is 0 Å². The standard InChI is InChI=1S/C27H20N4O/c32-26(28-21-11-5-2-6-12-21)20-15-17-22(18-16-20)29-27-30-24-14-8-7-13-23(24)25(31-27)19-9-3-1-4-10-19/h1-18H,(H,28,32)(H,29,30,31). The maximum atomic E-state index is 12.5. The molecular formula is C27H20N4O. The van der Waals surface area contributed by atoms with E-state index in [1.165, 1.54) is 0 Å². The van der Waals surface area contributed by atoms with Crippen LogP contribution < -0.4 is 10.6 Å². The summed E-state index contributed by atoms with van der Waals surface area (Å²) in [5.74, 6) is 0.347. The van der Waals surface area contributed by atoms with Crippen LogP contribution in [0.2, 0.25) is 0 Å². The lowest BCUT2D eigenvalue weighted by Gasteiger charge is -2.11. The Morgan fingerprint density at radius 1 is 0.625 bits per heavy atom. The molecule has 1 amide bonds. The molecule has 0 aliphatic carbocycles. The highest BCUT2D eigenvalue weighted by Gasteiger charge is 2.10. The number of hydrogen-bond donors (Lipinski definition) is 2. The van der Waals surface area contributed by atoms with Gasteiger partial charge in [0.05, 0.1) is 11.2 Å². The molecule has 0 unspecified atom stereocenters. The summed E-state index contributed by atoms with van der Waals surface area (Å²) in [6, 6.07) is 34.7. The van der Waals surface area contributed by atoms with Crippen molar-refractivity contribution < 1.29 is 4.79 Å². The molecule has 0 fully saturated rings. The number of carbonyl (C=O) groups is 1. The minimum absolute atomic E-state index is 0.156. The molecule has 0 aliphatic rings. The molecule has 0 saturated carbocycles. The number of hydrogen-bond acceptors (Lipinski definition) is 4. The summed E-state index contributed by atoms with van der Waals surface area (Å²) in [5, 5.41) is 7.15. The van der Waals surface area contributed by atoms with Crippen molar-refractivity contribution in [2.75, 3.05) is 10.6 Å². The van der Waals surface area contributed by atoms with Crippen molar-refractivity contribution >= 4 is 34.1 Å². The van der Waals surface area contributed by atoms with E-state index in [-0.39, 0.29) is 5.91 Å². The Morgan fingerprint density at radius 2 is 1.28 bits per heavy atom. The Labute approximate surface area is 185 Å². The number of nitrogens with one attached hydrogen (secondary N) is 2. The van der Waals surface area contributed by atoms with Gasteiger partial charge in [0.2, 0.25) is 5.95 Å². The summed E-state index contributed by atoms with van der Waals surface area (Å²) in [7, 11) is 0. The highest BCUT2D eigenvalue weighted by Crippen LogP contribution is 2.28. The molecule has 0 spiro atoms. The molecule has 5 heteroatoms. The van der Waals surface area contributed by atoms with E-state index in [0.29, 0.717) is 11.5 Å². The van der Waals surface area contributed by atoms with E-state index in [4.69, 9.17) is 4.98 Å². The summed E-state index contributed by atoms with van der Waals surface area (Å²) in [4.78, 5) is 21.9. The number of fused-ring (bicyclic) bond motifs is 1. The van der Waals surface area contributed by atoms with E-state index < -0.39 is 0 Å². The number of rotatable bonds is 5. The first-order valence-corrected chi connectivity index (χ1v) is 10.3. The summed E-state index contributed by atoms with van der Waals surface area (Å²) < 4.78 is 0. The van der Waals surface area contributed by atoms with Gasteiger partial charge in [-0.15, -0.1) is 0 Å². The number of aromatic nitrogens is 2. The molecule has 32 heavy (non-hydrogen) atoms. The molecule has 1 aromatic heterocycles. The molecule has 4 aromatic carbocycles. The van der Waals surface area contributed by atoms with E-state index >= 15 is 0 Å². The zero-order valence-corrected chi connectivity index (χ0v) is 17.2. The van der Waals surface area contributed by atoms with Crippen LogP contribution in [0, 0.1) is 0 Å². The van der Waals surface area contributed by atoms with E-state index in [2.05, 4.69) is 15.6 Å². The van der Waals surface area contributed by atoms with Crippen LogP contribution in [0.4, 0.5) is 17.3 Å². The summed E-state index contributed by atoms with van der Waals surface area (Å²) in [6.45, 7) is 0. The highest BCUT2D eigenvalue weighted by atomic mass is 16.1. The quantitative estimate of drug-likeness (QED) is 0.353. The summed E-state index contributed by atoms with van der Waals surface area (Å²) >= 11 is 0. The molecule has 5 rings (SSSR count). The fourth-order valence-electron chi connectivity index (χ4n) is 3.51. The fourth-order valence-corrected chi connectivity index (χ4v) is 3.51. The monoisotopic (exact) mass is 416 g/mol. The largest absolute Gasteiger partial charge is 0.324 e. The van der Waals surface area contributed by atoms with Crippen LogP contribution in [0.15, 0.2) is 109 Å². The van der Waals surface area contributed by atoms with Crippen molar-refractivity contribution in [1.29, 1.82) is 0 Å². The first-order chi connectivity index (χ1) is 15.8. The van der Waals surface area contributed by atoms with Crippen molar-refractivity contribution in [2.45, 2.75) is 0 Å². The van der Waals surface area contributed by atoms with Crippen LogP contribution in [-0.4, -0.2) is 15.9 Å². The zero-order valence-electron chi connectivity index (χ0n) is 17.2. The second kappa shape index (κ2) is 8.70. The Morgan fingerprint density at radius 3 is 2.03 bits per heavy atom. The number of nitrogens with zero attached hydrogens (tertiary/aromatic N) is 2. The molecule has 5 nitrogen and oxygen atoms in total. The lowest BCUT2D eigenvalue weighted by molar-refractivity contribution is 0.102. The minimum atomic E-state index is -0.156. The second-order valence-corrected chi connectivity index (χ2v) is 7.30. The van der Waals surface area contributed by atoms with Crippen LogP contribution in [0.1, 0.15) is 10.4 Å².